The van der Waals surface area contributed by atoms with Gasteiger partial charge >= 0.3 is 0 Å². The Morgan fingerprint density at radius 3 is 2.62 bits per heavy atom. The molecule has 0 fully saturated rings. The summed E-state index contributed by atoms with van der Waals surface area (Å²) in [6, 6.07) is 8.48. The Labute approximate surface area is 148 Å². The number of nitrogens with one attached hydrogen (secondary N) is 1. The zero-order valence-corrected chi connectivity index (χ0v) is 15.7. The van der Waals surface area contributed by atoms with Gasteiger partial charge in [0, 0.05) is 18.2 Å². The standard InChI is InChI=1S/C18H26N4OS/c1-5-15(6-2)19-16(23)12-24-18-21-20-17(22(18)7-3)14-10-8-9-13(4)11-14/h8-11,15H,5-7,12H2,1-4H3,(H,19,23). The quantitative estimate of drug-likeness (QED) is 0.741. The van der Waals surface area contributed by atoms with Crippen LogP contribution in [0, 0.1) is 6.92 Å². The monoisotopic (exact) mass is 346 g/mol. The summed E-state index contributed by atoms with van der Waals surface area (Å²) in [4.78, 5) is 12.1. The highest BCUT2D eigenvalue weighted by Gasteiger charge is 2.15. The Bertz CT molecular complexity index is 679. The van der Waals surface area contributed by atoms with Crippen molar-refractivity contribution in [2.75, 3.05) is 5.75 Å². The van der Waals surface area contributed by atoms with E-state index in [0.717, 1.165) is 35.9 Å². The molecule has 0 radical (unpaired) electrons. The summed E-state index contributed by atoms with van der Waals surface area (Å²) in [7, 11) is 0. The second-order valence-electron chi connectivity index (χ2n) is 5.79. The fourth-order valence-electron chi connectivity index (χ4n) is 2.57. The van der Waals surface area contributed by atoms with E-state index in [1.807, 2.05) is 12.1 Å². The maximum Gasteiger partial charge on any atom is 0.230 e. The molecule has 0 aliphatic heterocycles. The molecule has 5 nitrogen and oxygen atoms in total. The molecule has 1 aromatic carbocycles. The molecule has 1 aromatic heterocycles. The van der Waals surface area contributed by atoms with Gasteiger partial charge in [0.1, 0.15) is 0 Å². The number of nitrogens with zero attached hydrogens (tertiary/aromatic N) is 3. The van der Waals surface area contributed by atoms with Crippen LogP contribution in [0.25, 0.3) is 11.4 Å². The van der Waals surface area contributed by atoms with Crippen LogP contribution in [0.4, 0.5) is 0 Å². The largest absolute Gasteiger partial charge is 0.353 e. The van der Waals surface area contributed by atoms with Crippen molar-refractivity contribution in [2.24, 2.45) is 0 Å². The number of carbonyl (C=O) groups excluding carboxylic acids is 1. The van der Waals surface area contributed by atoms with Crippen molar-refractivity contribution in [2.45, 2.75) is 58.3 Å². The molecule has 1 amide bonds. The number of benzene rings is 1. The summed E-state index contributed by atoms with van der Waals surface area (Å²) < 4.78 is 2.06. The van der Waals surface area contributed by atoms with Gasteiger partial charge in [-0.2, -0.15) is 0 Å². The Morgan fingerprint density at radius 1 is 1.25 bits per heavy atom. The molecule has 0 aliphatic rings. The number of aromatic nitrogens is 3. The van der Waals surface area contributed by atoms with Crippen LogP contribution >= 0.6 is 11.8 Å². The zero-order valence-electron chi connectivity index (χ0n) is 14.9. The number of aryl methyl sites for hydroxylation is 1. The summed E-state index contributed by atoms with van der Waals surface area (Å²) >= 11 is 1.44. The number of hydrogen-bond donors (Lipinski definition) is 1. The van der Waals surface area contributed by atoms with Crippen LogP contribution in [-0.4, -0.2) is 32.5 Å². The average molecular weight is 347 g/mol. The van der Waals surface area contributed by atoms with Gasteiger partial charge in [0.05, 0.1) is 5.75 Å². The van der Waals surface area contributed by atoms with Gasteiger partial charge in [-0.05, 0) is 32.8 Å². The van der Waals surface area contributed by atoms with Crippen LogP contribution in [0.15, 0.2) is 29.4 Å². The Balaban J connectivity index is 2.08. The lowest BCUT2D eigenvalue weighted by Gasteiger charge is -2.14. The molecule has 1 N–H and O–H groups in total. The molecule has 0 unspecified atom stereocenters. The SMILES string of the molecule is CCC(CC)NC(=O)CSc1nnc(-c2cccc(C)c2)n1CC. The molecule has 2 aromatic rings. The van der Waals surface area contributed by atoms with E-state index in [-0.39, 0.29) is 11.9 Å². The number of carbonyl (C=O) groups is 1. The van der Waals surface area contributed by atoms with Gasteiger partial charge in [-0.1, -0.05) is 49.4 Å². The lowest BCUT2D eigenvalue weighted by atomic mass is 10.1. The molecule has 0 saturated heterocycles. The van der Waals surface area contributed by atoms with Gasteiger partial charge < -0.3 is 9.88 Å². The van der Waals surface area contributed by atoms with E-state index in [2.05, 4.69) is 59.9 Å². The summed E-state index contributed by atoms with van der Waals surface area (Å²) in [5, 5.41) is 12.4. The third kappa shape index (κ3) is 4.60. The molecule has 0 saturated carbocycles. The van der Waals surface area contributed by atoms with E-state index < -0.39 is 0 Å². The fourth-order valence-corrected chi connectivity index (χ4v) is 3.38. The van der Waals surface area contributed by atoms with Crippen LogP contribution in [0.5, 0.6) is 0 Å². The molecule has 0 aliphatic carbocycles. The van der Waals surface area contributed by atoms with Gasteiger partial charge in [-0.25, -0.2) is 0 Å². The van der Waals surface area contributed by atoms with Crippen molar-refractivity contribution in [1.29, 1.82) is 0 Å². The predicted molar refractivity (Wildman–Crippen MR) is 99.1 cm³/mol. The number of thioether (sulfide) groups is 1. The normalized spacial score (nSPS) is 11.0. The van der Waals surface area contributed by atoms with Crippen molar-refractivity contribution in [3.05, 3.63) is 29.8 Å². The minimum atomic E-state index is 0.0523. The van der Waals surface area contributed by atoms with Crippen molar-refractivity contribution in [3.63, 3.8) is 0 Å². The highest BCUT2D eigenvalue weighted by molar-refractivity contribution is 7.99. The first-order valence-electron chi connectivity index (χ1n) is 8.51. The third-order valence-electron chi connectivity index (χ3n) is 3.99. The summed E-state index contributed by atoms with van der Waals surface area (Å²) in [6.07, 6.45) is 1.91. The van der Waals surface area contributed by atoms with E-state index in [0.29, 0.717) is 5.75 Å². The lowest BCUT2D eigenvalue weighted by Crippen LogP contribution is -2.35. The van der Waals surface area contributed by atoms with E-state index in [9.17, 15) is 4.79 Å². The van der Waals surface area contributed by atoms with E-state index in [1.165, 1.54) is 17.3 Å². The number of hydrogen-bond acceptors (Lipinski definition) is 4. The van der Waals surface area contributed by atoms with Crippen molar-refractivity contribution < 1.29 is 4.79 Å². The predicted octanol–water partition coefficient (Wildman–Crippen LogP) is 3.67. The summed E-state index contributed by atoms with van der Waals surface area (Å²) in [5.74, 6) is 1.27. The molecular weight excluding hydrogens is 320 g/mol. The van der Waals surface area contributed by atoms with Crippen molar-refractivity contribution >= 4 is 17.7 Å². The van der Waals surface area contributed by atoms with Crippen LogP contribution < -0.4 is 5.32 Å². The van der Waals surface area contributed by atoms with Crippen molar-refractivity contribution in [3.8, 4) is 11.4 Å². The summed E-state index contributed by atoms with van der Waals surface area (Å²) in [6.45, 7) is 9.07. The van der Waals surface area contributed by atoms with Crippen LogP contribution in [0.2, 0.25) is 0 Å². The topological polar surface area (TPSA) is 59.8 Å². The minimum Gasteiger partial charge on any atom is -0.353 e. The Kier molecular flexibility index (Phi) is 6.85. The van der Waals surface area contributed by atoms with E-state index in [4.69, 9.17) is 0 Å². The lowest BCUT2D eigenvalue weighted by molar-refractivity contribution is -0.119. The van der Waals surface area contributed by atoms with Gasteiger partial charge in [0.15, 0.2) is 11.0 Å². The van der Waals surface area contributed by atoms with Gasteiger partial charge in [0.25, 0.3) is 0 Å². The molecule has 0 atom stereocenters. The van der Waals surface area contributed by atoms with E-state index in [1.54, 1.807) is 0 Å². The maximum absolute atomic E-state index is 12.1. The van der Waals surface area contributed by atoms with Crippen molar-refractivity contribution in [1.82, 2.24) is 20.1 Å². The molecule has 0 spiro atoms. The van der Waals surface area contributed by atoms with Crippen LogP contribution in [0.3, 0.4) is 0 Å². The first-order valence-corrected chi connectivity index (χ1v) is 9.49. The Hall–Kier alpha value is -1.82. The summed E-state index contributed by atoms with van der Waals surface area (Å²) in [5.41, 5.74) is 2.24. The fraction of sp³-hybridized carbons (Fsp3) is 0.500. The molecule has 24 heavy (non-hydrogen) atoms. The third-order valence-corrected chi connectivity index (χ3v) is 4.96. The first kappa shape index (κ1) is 18.5. The second kappa shape index (κ2) is 8.87. The van der Waals surface area contributed by atoms with E-state index >= 15 is 0 Å². The molecule has 1 heterocycles. The minimum absolute atomic E-state index is 0.0523. The smallest absolute Gasteiger partial charge is 0.230 e. The maximum atomic E-state index is 12.1. The number of rotatable bonds is 8. The molecular formula is C18H26N4OS. The Morgan fingerprint density at radius 2 is 2.00 bits per heavy atom. The van der Waals surface area contributed by atoms with Gasteiger partial charge in [-0.15, -0.1) is 10.2 Å². The molecule has 130 valence electrons. The average Bonchev–Trinajstić information content (AvgIpc) is 3.00. The van der Waals surface area contributed by atoms with Crippen LogP contribution in [-0.2, 0) is 11.3 Å². The molecule has 0 bridgehead atoms. The zero-order chi connectivity index (χ0) is 17.5. The molecule has 2 rings (SSSR count). The highest BCUT2D eigenvalue weighted by atomic mass is 32.2. The highest BCUT2D eigenvalue weighted by Crippen LogP contribution is 2.24. The van der Waals surface area contributed by atoms with Gasteiger partial charge in [-0.3, -0.25) is 4.79 Å². The van der Waals surface area contributed by atoms with Crippen LogP contribution in [0.1, 0.15) is 39.2 Å². The van der Waals surface area contributed by atoms with Gasteiger partial charge in [0.2, 0.25) is 5.91 Å². The second-order valence-corrected chi connectivity index (χ2v) is 6.73. The molecule has 6 heteroatoms. The first-order chi connectivity index (χ1) is 11.6. The number of amides is 1.